The normalized spacial score (nSPS) is 22.7. The topological polar surface area (TPSA) is 24.9 Å². The average molecular weight is 347 g/mol. The summed E-state index contributed by atoms with van der Waals surface area (Å²) in [5.74, 6) is 1.64. The zero-order chi connectivity index (χ0) is 14.8. The Labute approximate surface area is 135 Å². The van der Waals surface area contributed by atoms with Crippen LogP contribution in [0.1, 0.15) is 39.5 Å². The first-order valence-corrected chi connectivity index (χ1v) is 8.73. The molecule has 0 saturated heterocycles. The molecule has 1 aliphatic carbocycles. The summed E-state index contributed by atoms with van der Waals surface area (Å²) in [6, 6.07) is 9.10. The minimum Gasteiger partial charge on any atom is -0.381 e. The van der Waals surface area contributed by atoms with Crippen LogP contribution in [0.15, 0.2) is 34.9 Å². The second kappa shape index (κ2) is 6.35. The van der Waals surface area contributed by atoms with E-state index in [1.807, 2.05) is 6.20 Å². The van der Waals surface area contributed by atoms with Crippen LogP contribution in [0.25, 0.3) is 10.9 Å². The van der Waals surface area contributed by atoms with Crippen molar-refractivity contribution in [2.75, 3.05) is 5.32 Å². The average Bonchev–Trinajstić information content (AvgIpc) is 2.47. The standard InChI is InChI=1S/C18H23BrN2/c1-12(2)13-5-3-7-16(10-13)21-17-8-4-6-14-9-15(19)11-20-18(14)17/h4,6,8-9,11-13,16,21H,3,5,7,10H2,1-2H3. The molecule has 0 amide bonds. The van der Waals surface area contributed by atoms with Crippen LogP contribution in [-0.4, -0.2) is 11.0 Å². The zero-order valence-electron chi connectivity index (χ0n) is 12.8. The molecule has 1 saturated carbocycles. The second-order valence-corrected chi connectivity index (χ2v) is 7.46. The highest BCUT2D eigenvalue weighted by molar-refractivity contribution is 9.10. The maximum absolute atomic E-state index is 4.59. The largest absolute Gasteiger partial charge is 0.381 e. The quantitative estimate of drug-likeness (QED) is 0.779. The Morgan fingerprint density at radius 1 is 1.29 bits per heavy atom. The molecule has 112 valence electrons. The van der Waals surface area contributed by atoms with Gasteiger partial charge in [-0.15, -0.1) is 0 Å². The number of rotatable bonds is 3. The molecule has 2 aromatic rings. The fraction of sp³-hybridized carbons (Fsp3) is 0.500. The van der Waals surface area contributed by atoms with Gasteiger partial charge >= 0.3 is 0 Å². The Bertz CT molecular complexity index is 624. The third kappa shape index (κ3) is 3.39. The maximum atomic E-state index is 4.59. The van der Waals surface area contributed by atoms with Crippen molar-refractivity contribution in [1.82, 2.24) is 4.98 Å². The molecule has 0 bridgehead atoms. The lowest BCUT2D eigenvalue weighted by Crippen LogP contribution is -2.29. The molecule has 1 aliphatic rings. The minimum absolute atomic E-state index is 0.585. The summed E-state index contributed by atoms with van der Waals surface area (Å²) in [7, 11) is 0. The first kappa shape index (κ1) is 14.8. The molecule has 0 aliphatic heterocycles. The van der Waals surface area contributed by atoms with Gasteiger partial charge in [0.25, 0.3) is 0 Å². The van der Waals surface area contributed by atoms with E-state index in [-0.39, 0.29) is 0 Å². The number of halogens is 1. The number of hydrogen-bond donors (Lipinski definition) is 1. The number of fused-ring (bicyclic) bond motifs is 1. The highest BCUT2D eigenvalue weighted by atomic mass is 79.9. The van der Waals surface area contributed by atoms with Gasteiger partial charge in [-0.1, -0.05) is 38.8 Å². The summed E-state index contributed by atoms with van der Waals surface area (Å²) in [4.78, 5) is 4.59. The van der Waals surface area contributed by atoms with Gasteiger partial charge < -0.3 is 5.32 Å². The van der Waals surface area contributed by atoms with Gasteiger partial charge in [-0.05, 0) is 52.7 Å². The molecule has 2 atom stereocenters. The van der Waals surface area contributed by atoms with Crippen molar-refractivity contribution in [3.8, 4) is 0 Å². The number of pyridine rings is 1. The van der Waals surface area contributed by atoms with Crippen LogP contribution in [0.3, 0.4) is 0 Å². The van der Waals surface area contributed by atoms with Crippen LogP contribution < -0.4 is 5.32 Å². The first-order chi connectivity index (χ1) is 10.1. The molecule has 2 unspecified atom stereocenters. The highest BCUT2D eigenvalue weighted by Gasteiger charge is 2.24. The van der Waals surface area contributed by atoms with Gasteiger partial charge in [0.15, 0.2) is 0 Å². The van der Waals surface area contributed by atoms with E-state index >= 15 is 0 Å². The fourth-order valence-electron chi connectivity index (χ4n) is 3.43. The van der Waals surface area contributed by atoms with Gasteiger partial charge in [0.05, 0.1) is 11.2 Å². The van der Waals surface area contributed by atoms with Crippen LogP contribution in [0.2, 0.25) is 0 Å². The minimum atomic E-state index is 0.585. The van der Waals surface area contributed by atoms with Crippen LogP contribution in [0, 0.1) is 11.8 Å². The summed E-state index contributed by atoms with van der Waals surface area (Å²) < 4.78 is 1.03. The Balaban J connectivity index is 1.81. The molecule has 1 N–H and O–H groups in total. The SMILES string of the molecule is CC(C)C1CCCC(Nc2cccc3cc(Br)cnc23)C1. The molecule has 0 spiro atoms. The number of nitrogens with one attached hydrogen (secondary N) is 1. The van der Waals surface area contributed by atoms with Crippen molar-refractivity contribution in [2.24, 2.45) is 11.8 Å². The summed E-state index contributed by atoms with van der Waals surface area (Å²) in [6.07, 6.45) is 7.16. The van der Waals surface area contributed by atoms with Crippen LogP contribution in [0.4, 0.5) is 5.69 Å². The van der Waals surface area contributed by atoms with Crippen LogP contribution in [-0.2, 0) is 0 Å². The Morgan fingerprint density at radius 3 is 2.95 bits per heavy atom. The summed E-state index contributed by atoms with van der Waals surface area (Å²) >= 11 is 3.50. The van der Waals surface area contributed by atoms with E-state index in [4.69, 9.17) is 0 Å². The predicted molar refractivity (Wildman–Crippen MR) is 93.6 cm³/mol. The van der Waals surface area contributed by atoms with E-state index in [0.717, 1.165) is 21.8 Å². The van der Waals surface area contributed by atoms with E-state index in [1.54, 1.807) is 0 Å². The van der Waals surface area contributed by atoms with Crippen molar-refractivity contribution in [3.05, 3.63) is 34.9 Å². The fourth-order valence-corrected chi connectivity index (χ4v) is 3.78. The first-order valence-electron chi connectivity index (χ1n) is 7.94. The highest BCUT2D eigenvalue weighted by Crippen LogP contribution is 2.33. The molecular weight excluding hydrogens is 324 g/mol. The lowest BCUT2D eigenvalue weighted by Gasteiger charge is -2.32. The van der Waals surface area contributed by atoms with E-state index in [9.17, 15) is 0 Å². The summed E-state index contributed by atoms with van der Waals surface area (Å²) in [6.45, 7) is 4.70. The number of nitrogens with zero attached hydrogens (tertiary/aromatic N) is 1. The smallest absolute Gasteiger partial charge is 0.0934 e. The van der Waals surface area contributed by atoms with Gasteiger partial charge in [0, 0.05) is 22.1 Å². The van der Waals surface area contributed by atoms with Gasteiger partial charge in [0.1, 0.15) is 0 Å². The molecule has 1 fully saturated rings. The third-order valence-corrected chi connectivity index (χ3v) is 5.13. The summed E-state index contributed by atoms with van der Waals surface area (Å²) in [5, 5.41) is 4.94. The van der Waals surface area contributed by atoms with Gasteiger partial charge in [-0.25, -0.2) is 0 Å². The number of hydrogen-bond acceptors (Lipinski definition) is 2. The maximum Gasteiger partial charge on any atom is 0.0934 e. The lowest BCUT2D eigenvalue weighted by atomic mass is 9.79. The Hall–Kier alpha value is -1.09. The Kier molecular flexibility index (Phi) is 4.48. The van der Waals surface area contributed by atoms with E-state index in [0.29, 0.717) is 6.04 Å². The molecule has 1 aromatic carbocycles. The zero-order valence-corrected chi connectivity index (χ0v) is 14.4. The monoisotopic (exact) mass is 346 g/mol. The number of benzene rings is 1. The third-order valence-electron chi connectivity index (χ3n) is 4.69. The van der Waals surface area contributed by atoms with E-state index in [1.165, 1.54) is 36.8 Å². The molecule has 0 radical (unpaired) electrons. The number of para-hydroxylation sites is 1. The molecular formula is C18H23BrN2. The number of anilines is 1. The molecule has 1 aromatic heterocycles. The van der Waals surface area contributed by atoms with Gasteiger partial charge in [-0.2, -0.15) is 0 Å². The molecule has 21 heavy (non-hydrogen) atoms. The van der Waals surface area contributed by atoms with Crippen molar-refractivity contribution in [2.45, 2.75) is 45.6 Å². The van der Waals surface area contributed by atoms with Crippen molar-refractivity contribution < 1.29 is 0 Å². The predicted octanol–water partition coefficient (Wildman–Crippen LogP) is 5.62. The Morgan fingerprint density at radius 2 is 2.14 bits per heavy atom. The van der Waals surface area contributed by atoms with Gasteiger partial charge in [0.2, 0.25) is 0 Å². The molecule has 3 rings (SSSR count). The second-order valence-electron chi connectivity index (χ2n) is 6.54. The van der Waals surface area contributed by atoms with E-state index < -0.39 is 0 Å². The van der Waals surface area contributed by atoms with Crippen LogP contribution >= 0.6 is 15.9 Å². The molecule has 3 heteroatoms. The van der Waals surface area contributed by atoms with Crippen LogP contribution in [0.5, 0.6) is 0 Å². The van der Waals surface area contributed by atoms with E-state index in [2.05, 4.69) is 64.3 Å². The van der Waals surface area contributed by atoms with Crippen molar-refractivity contribution in [1.29, 1.82) is 0 Å². The summed E-state index contributed by atoms with van der Waals surface area (Å²) in [5.41, 5.74) is 2.25. The molecule has 2 nitrogen and oxygen atoms in total. The number of aromatic nitrogens is 1. The lowest BCUT2D eigenvalue weighted by molar-refractivity contribution is 0.264. The van der Waals surface area contributed by atoms with Gasteiger partial charge in [-0.3, -0.25) is 4.98 Å². The van der Waals surface area contributed by atoms with Crippen molar-refractivity contribution >= 4 is 32.5 Å². The molecule has 1 heterocycles. The van der Waals surface area contributed by atoms with Crippen molar-refractivity contribution in [3.63, 3.8) is 0 Å².